The van der Waals surface area contributed by atoms with E-state index in [0.29, 0.717) is 17.7 Å². The van der Waals surface area contributed by atoms with E-state index in [1.807, 2.05) is 19.1 Å². The smallest absolute Gasteiger partial charge is 0.178 e. The van der Waals surface area contributed by atoms with Crippen molar-refractivity contribution in [3.05, 3.63) is 29.8 Å². The number of hydrogen-bond donors (Lipinski definition) is 2. The topological polar surface area (TPSA) is 80.4 Å². The summed E-state index contributed by atoms with van der Waals surface area (Å²) in [5.41, 5.74) is 6.62. The first-order valence-corrected chi connectivity index (χ1v) is 8.32. The molecular weight excluding hydrogens is 262 g/mol. The fourth-order valence-corrected chi connectivity index (χ4v) is 4.88. The highest BCUT2D eigenvalue weighted by atomic mass is 32.2. The number of rotatable bonds is 4. The minimum Gasteiger partial charge on any atom is -0.396 e. The molecule has 0 saturated carbocycles. The van der Waals surface area contributed by atoms with Crippen molar-refractivity contribution in [2.45, 2.75) is 42.5 Å². The summed E-state index contributed by atoms with van der Waals surface area (Å²) in [6, 6.07) is 6.93. The Morgan fingerprint density at radius 2 is 2.11 bits per heavy atom. The normalized spacial score (nSPS) is 26.7. The van der Waals surface area contributed by atoms with Crippen LogP contribution in [0, 0.1) is 0 Å². The van der Waals surface area contributed by atoms with Gasteiger partial charge in [-0.2, -0.15) is 0 Å². The van der Waals surface area contributed by atoms with E-state index < -0.39 is 15.3 Å². The fraction of sp³-hybridized carbons (Fsp3) is 0.571. The van der Waals surface area contributed by atoms with Gasteiger partial charge < -0.3 is 10.8 Å². The van der Waals surface area contributed by atoms with Gasteiger partial charge in [0, 0.05) is 18.1 Å². The van der Waals surface area contributed by atoms with Crippen LogP contribution in [-0.2, 0) is 15.3 Å². The zero-order valence-corrected chi connectivity index (χ0v) is 12.0. The molecule has 0 amide bonds. The quantitative estimate of drug-likeness (QED) is 0.870. The van der Waals surface area contributed by atoms with Gasteiger partial charge in [-0.05, 0) is 30.9 Å². The van der Waals surface area contributed by atoms with Gasteiger partial charge in [-0.1, -0.05) is 25.1 Å². The zero-order chi connectivity index (χ0) is 14.1. The molecule has 0 spiro atoms. The highest BCUT2D eigenvalue weighted by Crippen LogP contribution is 2.43. The Morgan fingerprint density at radius 1 is 1.42 bits per heavy atom. The molecule has 106 valence electrons. The summed E-state index contributed by atoms with van der Waals surface area (Å²) in [7, 11) is -3.21. The van der Waals surface area contributed by atoms with Crippen LogP contribution in [0.5, 0.6) is 0 Å². The molecule has 0 aromatic heterocycles. The highest BCUT2D eigenvalue weighted by molar-refractivity contribution is 7.91. The molecule has 4 nitrogen and oxygen atoms in total. The van der Waals surface area contributed by atoms with Crippen molar-refractivity contribution in [3.63, 3.8) is 0 Å². The Labute approximate surface area is 114 Å². The van der Waals surface area contributed by atoms with E-state index in [0.717, 1.165) is 12.0 Å². The van der Waals surface area contributed by atoms with E-state index in [2.05, 4.69) is 0 Å². The van der Waals surface area contributed by atoms with Crippen molar-refractivity contribution in [2.75, 3.05) is 12.4 Å². The molecule has 1 aromatic carbocycles. The summed E-state index contributed by atoms with van der Waals surface area (Å²) in [5.74, 6) is 0.109. The van der Waals surface area contributed by atoms with Crippen molar-refractivity contribution in [1.82, 2.24) is 0 Å². The second-order valence-electron chi connectivity index (χ2n) is 5.21. The van der Waals surface area contributed by atoms with E-state index in [1.165, 1.54) is 0 Å². The lowest BCUT2D eigenvalue weighted by Gasteiger charge is -2.42. The Bertz CT molecular complexity index is 556. The SMILES string of the molecule is CCC(N)C1(CCO)CCS(=O)(=O)c2ccccc21. The molecule has 1 aliphatic rings. The third-order valence-corrected chi connectivity index (χ3v) is 6.05. The van der Waals surface area contributed by atoms with Crippen molar-refractivity contribution < 1.29 is 13.5 Å². The second-order valence-corrected chi connectivity index (χ2v) is 7.29. The molecule has 0 fully saturated rings. The van der Waals surface area contributed by atoms with Crippen LogP contribution in [0.1, 0.15) is 31.7 Å². The fourth-order valence-electron chi connectivity index (χ4n) is 3.13. The standard InChI is InChI=1S/C14H21NO3S/c1-2-13(15)14(7-9-16)8-10-19(17,18)12-6-4-3-5-11(12)14/h3-6,13,16H,2,7-10,15H2,1H3. The number of benzene rings is 1. The summed E-state index contributed by atoms with van der Waals surface area (Å²) >= 11 is 0. The first-order valence-electron chi connectivity index (χ1n) is 6.66. The molecule has 0 saturated heterocycles. The van der Waals surface area contributed by atoms with Crippen LogP contribution in [0.25, 0.3) is 0 Å². The first kappa shape index (κ1) is 14.5. The van der Waals surface area contributed by atoms with Gasteiger partial charge >= 0.3 is 0 Å². The van der Waals surface area contributed by atoms with Gasteiger partial charge in [0.05, 0.1) is 10.6 Å². The molecule has 5 heteroatoms. The van der Waals surface area contributed by atoms with Crippen molar-refractivity contribution in [2.24, 2.45) is 5.73 Å². The Morgan fingerprint density at radius 3 is 2.74 bits per heavy atom. The van der Waals surface area contributed by atoms with Crippen molar-refractivity contribution in [1.29, 1.82) is 0 Å². The zero-order valence-electron chi connectivity index (χ0n) is 11.2. The molecule has 0 bridgehead atoms. The predicted molar refractivity (Wildman–Crippen MR) is 74.8 cm³/mol. The summed E-state index contributed by atoms with van der Waals surface area (Å²) in [4.78, 5) is 0.388. The first-order chi connectivity index (χ1) is 8.98. The maximum absolute atomic E-state index is 12.2. The van der Waals surface area contributed by atoms with Crippen LogP contribution >= 0.6 is 0 Å². The Kier molecular flexibility index (Phi) is 3.99. The van der Waals surface area contributed by atoms with Crippen LogP contribution in [0.2, 0.25) is 0 Å². The van der Waals surface area contributed by atoms with E-state index in [4.69, 9.17) is 5.73 Å². The van der Waals surface area contributed by atoms with Crippen LogP contribution < -0.4 is 5.73 Å². The van der Waals surface area contributed by atoms with Gasteiger partial charge in [0.2, 0.25) is 0 Å². The molecule has 1 aliphatic heterocycles. The molecule has 19 heavy (non-hydrogen) atoms. The molecule has 3 N–H and O–H groups in total. The molecule has 1 heterocycles. The molecule has 2 atom stereocenters. The summed E-state index contributed by atoms with van der Waals surface area (Å²) < 4.78 is 24.3. The minimum absolute atomic E-state index is 0.0160. The Balaban J connectivity index is 2.65. The number of aliphatic hydroxyl groups excluding tert-OH is 1. The second kappa shape index (κ2) is 5.23. The van der Waals surface area contributed by atoms with Crippen LogP contribution in [0.15, 0.2) is 29.2 Å². The van der Waals surface area contributed by atoms with E-state index in [9.17, 15) is 13.5 Å². The predicted octanol–water partition coefficient (Wildman–Crippen LogP) is 1.22. The van der Waals surface area contributed by atoms with Crippen LogP contribution in [-0.4, -0.2) is 31.9 Å². The lowest BCUT2D eigenvalue weighted by Crippen LogP contribution is -2.49. The lowest BCUT2D eigenvalue weighted by molar-refractivity contribution is 0.202. The number of nitrogens with two attached hydrogens (primary N) is 1. The number of fused-ring (bicyclic) bond motifs is 1. The average Bonchev–Trinajstić information content (AvgIpc) is 2.42. The third kappa shape index (κ3) is 2.30. The third-order valence-electron chi connectivity index (χ3n) is 4.28. The van der Waals surface area contributed by atoms with E-state index in [1.54, 1.807) is 12.1 Å². The minimum atomic E-state index is -3.21. The number of hydrogen-bond acceptors (Lipinski definition) is 4. The van der Waals surface area contributed by atoms with E-state index in [-0.39, 0.29) is 18.4 Å². The summed E-state index contributed by atoms with van der Waals surface area (Å²) in [5, 5.41) is 9.38. The van der Waals surface area contributed by atoms with Gasteiger partial charge in [-0.15, -0.1) is 0 Å². The van der Waals surface area contributed by atoms with Crippen LogP contribution in [0.3, 0.4) is 0 Å². The van der Waals surface area contributed by atoms with Gasteiger partial charge in [-0.3, -0.25) is 0 Å². The average molecular weight is 283 g/mol. The van der Waals surface area contributed by atoms with Gasteiger partial charge in [-0.25, -0.2) is 8.42 Å². The van der Waals surface area contributed by atoms with E-state index >= 15 is 0 Å². The van der Waals surface area contributed by atoms with Crippen molar-refractivity contribution >= 4 is 9.84 Å². The maximum atomic E-state index is 12.2. The molecular formula is C14H21NO3S. The lowest BCUT2D eigenvalue weighted by atomic mass is 9.69. The summed E-state index contributed by atoms with van der Waals surface area (Å²) in [6.45, 7) is 2.01. The summed E-state index contributed by atoms with van der Waals surface area (Å²) in [6.07, 6.45) is 1.75. The number of aliphatic hydroxyl groups is 1. The highest BCUT2D eigenvalue weighted by Gasteiger charge is 2.44. The van der Waals surface area contributed by atoms with Crippen LogP contribution in [0.4, 0.5) is 0 Å². The van der Waals surface area contributed by atoms with Gasteiger partial charge in [0.1, 0.15) is 0 Å². The molecule has 0 radical (unpaired) electrons. The number of sulfone groups is 1. The molecule has 0 aliphatic carbocycles. The monoisotopic (exact) mass is 283 g/mol. The van der Waals surface area contributed by atoms with Gasteiger partial charge in [0.25, 0.3) is 0 Å². The maximum Gasteiger partial charge on any atom is 0.178 e. The molecule has 2 rings (SSSR count). The van der Waals surface area contributed by atoms with Gasteiger partial charge in [0.15, 0.2) is 9.84 Å². The largest absolute Gasteiger partial charge is 0.396 e. The Hall–Kier alpha value is -0.910. The molecule has 1 aromatic rings. The molecule has 2 unspecified atom stereocenters. The van der Waals surface area contributed by atoms with Crippen molar-refractivity contribution in [3.8, 4) is 0 Å².